The van der Waals surface area contributed by atoms with E-state index in [0.717, 1.165) is 0 Å². The molecule has 0 radical (unpaired) electrons. The minimum Gasteiger partial charge on any atom is -0.392 e. The molecule has 2 N–H and O–H groups in total. The standard InChI is InChI=1S/C13H24F3N3O2/c1-9-6-19(5-4-18(9)7-10(2)20)11(3)12(21)17-8-13(14,15)16/h9-11,20H,4-8H2,1-3H3,(H,17,21)/t9-,10+,11+/m1/s1. The Labute approximate surface area is 123 Å². The first-order valence-electron chi connectivity index (χ1n) is 7.10. The van der Waals surface area contributed by atoms with Gasteiger partial charge in [-0.1, -0.05) is 0 Å². The molecule has 21 heavy (non-hydrogen) atoms. The molecular formula is C13H24F3N3O2. The number of hydrogen-bond donors (Lipinski definition) is 2. The fourth-order valence-corrected chi connectivity index (χ4v) is 2.49. The lowest BCUT2D eigenvalue weighted by Crippen LogP contribution is -2.58. The molecule has 1 aliphatic rings. The molecule has 5 nitrogen and oxygen atoms in total. The highest BCUT2D eigenvalue weighted by Gasteiger charge is 2.32. The third-order valence-electron chi connectivity index (χ3n) is 3.69. The summed E-state index contributed by atoms with van der Waals surface area (Å²) in [5, 5.41) is 11.3. The molecule has 0 spiro atoms. The summed E-state index contributed by atoms with van der Waals surface area (Å²) >= 11 is 0. The number of alkyl halides is 3. The van der Waals surface area contributed by atoms with Gasteiger partial charge in [-0.15, -0.1) is 0 Å². The van der Waals surface area contributed by atoms with Crippen LogP contribution >= 0.6 is 0 Å². The molecule has 1 saturated heterocycles. The van der Waals surface area contributed by atoms with Gasteiger partial charge in [0.05, 0.1) is 12.1 Å². The Hall–Kier alpha value is -0.860. The van der Waals surface area contributed by atoms with Crippen LogP contribution in [0, 0.1) is 0 Å². The first-order chi connectivity index (χ1) is 9.60. The summed E-state index contributed by atoms with van der Waals surface area (Å²) in [5.41, 5.74) is 0. The molecule has 0 saturated carbocycles. The van der Waals surface area contributed by atoms with E-state index in [1.165, 1.54) is 0 Å². The summed E-state index contributed by atoms with van der Waals surface area (Å²) in [4.78, 5) is 15.7. The zero-order valence-corrected chi connectivity index (χ0v) is 12.7. The van der Waals surface area contributed by atoms with Gasteiger partial charge < -0.3 is 10.4 Å². The van der Waals surface area contributed by atoms with Crippen molar-refractivity contribution in [2.24, 2.45) is 0 Å². The lowest BCUT2D eigenvalue weighted by atomic mass is 10.1. The Morgan fingerprint density at radius 3 is 2.48 bits per heavy atom. The number of carbonyl (C=O) groups excluding carboxylic acids is 1. The number of carbonyl (C=O) groups is 1. The quantitative estimate of drug-likeness (QED) is 0.774. The number of amides is 1. The van der Waals surface area contributed by atoms with Crippen molar-refractivity contribution in [3.63, 3.8) is 0 Å². The second kappa shape index (κ2) is 7.42. The van der Waals surface area contributed by atoms with Crippen molar-refractivity contribution in [2.45, 2.75) is 45.1 Å². The van der Waals surface area contributed by atoms with Gasteiger partial charge in [-0.3, -0.25) is 14.6 Å². The smallest absolute Gasteiger partial charge is 0.392 e. The molecule has 0 aliphatic carbocycles. The minimum atomic E-state index is -4.39. The van der Waals surface area contributed by atoms with E-state index in [0.29, 0.717) is 26.2 Å². The van der Waals surface area contributed by atoms with Crippen LogP contribution in [0.25, 0.3) is 0 Å². The number of nitrogens with one attached hydrogen (secondary N) is 1. The van der Waals surface area contributed by atoms with Crippen LogP contribution in [-0.4, -0.2) is 77.9 Å². The Balaban J connectivity index is 2.46. The van der Waals surface area contributed by atoms with Crippen LogP contribution < -0.4 is 5.32 Å². The minimum absolute atomic E-state index is 0.145. The molecule has 0 unspecified atom stereocenters. The molecule has 0 aromatic carbocycles. The van der Waals surface area contributed by atoms with Gasteiger partial charge in [-0.05, 0) is 20.8 Å². The highest BCUT2D eigenvalue weighted by molar-refractivity contribution is 5.81. The van der Waals surface area contributed by atoms with Crippen LogP contribution in [0.2, 0.25) is 0 Å². The van der Waals surface area contributed by atoms with Gasteiger partial charge in [0.25, 0.3) is 0 Å². The normalized spacial score (nSPS) is 24.6. The monoisotopic (exact) mass is 311 g/mol. The maximum absolute atomic E-state index is 12.1. The SMILES string of the molecule is C[C@H](O)CN1CCN([C@@H](C)C(=O)NCC(F)(F)F)C[C@H]1C. The van der Waals surface area contributed by atoms with Crippen molar-refractivity contribution < 1.29 is 23.1 Å². The largest absolute Gasteiger partial charge is 0.405 e. The topological polar surface area (TPSA) is 55.8 Å². The predicted octanol–water partition coefficient (Wildman–Crippen LogP) is 0.440. The number of hydrogen-bond acceptors (Lipinski definition) is 4. The zero-order chi connectivity index (χ0) is 16.2. The average molecular weight is 311 g/mol. The van der Waals surface area contributed by atoms with Crippen LogP contribution in [-0.2, 0) is 4.79 Å². The van der Waals surface area contributed by atoms with E-state index < -0.39 is 30.8 Å². The number of halogens is 3. The van der Waals surface area contributed by atoms with Crippen LogP contribution in [0.4, 0.5) is 13.2 Å². The van der Waals surface area contributed by atoms with Crippen molar-refractivity contribution in [1.29, 1.82) is 0 Å². The van der Waals surface area contributed by atoms with Gasteiger partial charge in [0.15, 0.2) is 0 Å². The first kappa shape index (κ1) is 18.2. The fraction of sp³-hybridized carbons (Fsp3) is 0.923. The van der Waals surface area contributed by atoms with Gasteiger partial charge in [-0.25, -0.2) is 0 Å². The molecule has 0 bridgehead atoms. The molecule has 0 aromatic rings. The molecule has 1 amide bonds. The Morgan fingerprint density at radius 2 is 2.00 bits per heavy atom. The second-order valence-corrected chi connectivity index (χ2v) is 5.70. The summed E-state index contributed by atoms with van der Waals surface area (Å²) in [7, 11) is 0. The van der Waals surface area contributed by atoms with Crippen molar-refractivity contribution in [2.75, 3.05) is 32.7 Å². The molecule has 1 rings (SSSR count). The summed E-state index contributed by atoms with van der Waals surface area (Å²) in [6.07, 6.45) is -4.81. The van der Waals surface area contributed by atoms with E-state index in [-0.39, 0.29) is 6.04 Å². The molecule has 1 heterocycles. The summed E-state index contributed by atoms with van der Waals surface area (Å²) in [6.45, 7) is 6.44. The number of aliphatic hydroxyl groups excluding tert-OH is 1. The van der Waals surface area contributed by atoms with E-state index in [1.54, 1.807) is 13.8 Å². The van der Waals surface area contributed by atoms with E-state index in [1.807, 2.05) is 17.1 Å². The van der Waals surface area contributed by atoms with Crippen LogP contribution in [0.15, 0.2) is 0 Å². The molecule has 8 heteroatoms. The predicted molar refractivity (Wildman–Crippen MR) is 72.8 cm³/mol. The Morgan fingerprint density at radius 1 is 1.38 bits per heavy atom. The number of nitrogens with zero attached hydrogens (tertiary/aromatic N) is 2. The highest BCUT2D eigenvalue weighted by Crippen LogP contribution is 2.15. The lowest BCUT2D eigenvalue weighted by Gasteiger charge is -2.42. The molecule has 124 valence electrons. The molecule has 1 aliphatic heterocycles. The van der Waals surface area contributed by atoms with Crippen LogP contribution in [0.3, 0.4) is 0 Å². The van der Waals surface area contributed by atoms with Gasteiger partial charge in [0.1, 0.15) is 6.54 Å². The second-order valence-electron chi connectivity index (χ2n) is 5.70. The maximum Gasteiger partial charge on any atom is 0.405 e. The summed E-state index contributed by atoms with van der Waals surface area (Å²) < 4.78 is 36.3. The Bertz CT molecular complexity index is 350. The van der Waals surface area contributed by atoms with Crippen molar-refractivity contribution >= 4 is 5.91 Å². The number of rotatable bonds is 5. The van der Waals surface area contributed by atoms with Crippen LogP contribution in [0.5, 0.6) is 0 Å². The van der Waals surface area contributed by atoms with Gasteiger partial charge in [-0.2, -0.15) is 13.2 Å². The van der Waals surface area contributed by atoms with Crippen molar-refractivity contribution in [3.8, 4) is 0 Å². The highest BCUT2D eigenvalue weighted by atomic mass is 19.4. The summed E-state index contributed by atoms with van der Waals surface area (Å²) in [6, 6.07) is -0.449. The maximum atomic E-state index is 12.1. The number of piperazine rings is 1. The third-order valence-corrected chi connectivity index (χ3v) is 3.69. The number of β-amino-alcohol motifs (C(OH)–C–C–N with tert-alkyl or cyclic N) is 1. The first-order valence-corrected chi connectivity index (χ1v) is 7.10. The van der Waals surface area contributed by atoms with Crippen molar-refractivity contribution in [1.82, 2.24) is 15.1 Å². The fourth-order valence-electron chi connectivity index (χ4n) is 2.49. The lowest BCUT2D eigenvalue weighted by molar-refractivity contribution is -0.142. The van der Waals surface area contributed by atoms with Crippen molar-refractivity contribution in [3.05, 3.63) is 0 Å². The third kappa shape index (κ3) is 6.19. The van der Waals surface area contributed by atoms with E-state index in [2.05, 4.69) is 4.90 Å². The molecule has 1 fully saturated rings. The van der Waals surface area contributed by atoms with E-state index >= 15 is 0 Å². The van der Waals surface area contributed by atoms with Gasteiger partial charge >= 0.3 is 6.18 Å². The number of aliphatic hydroxyl groups is 1. The van der Waals surface area contributed by atoms with Crippen LogP contribution in [0.1, 0.15) is 20.8 Å². The van der Waals surface area contributed by atoms with Gasteiger partial charge in [0.2, 0.25) is 5.91 Å². The van der Waals surface area contributed by atoms with Gasteiger partial charge in [0, 0.05) is 32.2 Å². The average Bonchev–Trinajstić information content (AvgIpc) is 2.36. The molecular weight excluding hydrogens is 287 g/mol. The molecule has 0 aromatic heterocycles. The molecule has 3 atom stereocenters. The summed E-state index contributed by atoms with van der Waals surface area (Å²) in [5.74, 6) is -0.608. The Kier molecular flexibility index (Phi) is 6.42. The van der Waals surface area contributed by atoms with E-state index in [9.17, 15) is 23.1 Å². The zero-order valence-electron chi connectivity index (χ0n) is 12.7. The van der Waals surface area contributed by atoms with E-state index in [4.69, 9.17) is 0 Å².